The average Bonchev–Trinajstić information content (AvgIpc) is 3.22. The van der Waals surface area contributed by atoms with Crippen molar-refractivity contribution in [1.82, 2.24) is 19.7 Å². The van der Waals surface area contributed by atoms with Gasteiger partial charge in [-0.25, -0.2) is 4.39 Å². The number of benzene rings is 2. The standard InChI is InChI=1S/C22H15F4N5OS/c23-16-4-6-18(7-5-16)31-20(14-8-10-27-11-9-14)29-30-21(31)33-13-19(32)28-17-3-1-2-15(12-17)22(24,25)26/h1-12H,13H2,(H,28,32). The number of pyridine rings is 1. The molecular formula is C22H15F4N5OS. The van der Waals surface area contributed by atoms with Crippen molar-refractivity contribution >= 4 is 23.4 Å². The number of rotatable bonds is 6. The summed E-state index contributed by atoms with van der Waals surface area (Å²) in [7, 11) is 0. The number of carbonyl (C=O) groups excluding carboxylic acids is 1. The zero-order valence-electron chi connectivity index (χ0n) is 16.8. The molecule has 2 heterocycles. The van der Waals surface area contributed by atoms with Gasteiger partial charge in [-0.1, -0.05) is 17.8 Å². The minimum absolute atomic E-state index is 0.0351. The molecule has 0 fully saturated rings. The van der Waals surface area contributed by atoms with Crippen molar-refractivity contribution < 1.29 is 22.4 Å². The summed E-state index contributed by atoms with van der Waals surface area (Å²) in [5, 5.41) is 11.2. The van der Waals surface area contributed by atoms with E-state index in [9.17, 15) is 22.4 Å². The lowest BCUT2D eigenvalue weighted by molar-refractivity contribution is -0.137. The fourth-order valence-electron chi connectivity index (χ4n) is 2.97. The third-order valence-corrected chi connectivity index (χ3v) is 5.39. The molecule has 0 saturated heterocycles. The van der Waals surface area contributed by atoms with Crippen LogP contribution in [-0.4, -0.2) is 31.4 Å². The molecule has 0 radical (unpaired) electrons. The fraction of sp³-hybridized carbons (Fsp3) is 0.0909. The van der Waals surface area contributed by atoms with E-state index in [0.29, 0.717) is 22.2 Å². The molecule has 0 spiro atoms. The van der Waals surface area contributed by atoms with E-state index in [1.165, 1.54) is 24.3 Å². The lowest BCUT2D eigenvalue weighted by atomic mass is 10.2. The summed E-state index contributed by atoms with van der Waals surface area (Å²) >= 11 is 1.04. The van der Waals surface area contributed by atoms with Crippen LogP contribution < -0.4 is 5.32 Å². The highest BCUT2D eigenvalue weighted by Crippen LogP contribution is 2.31. The van der Waals surface area contributed by atoms with Crippen LogP contribution in [0.1, 0.15) is 5.56 Å². The number of anilines is 1. The first kappa shape index (κ1) is 22.5. The maximum absolute atomic E-state index is 13.4. The van der Waals surface area contributed by atoms with Gasteiger partial charge in [-0.3, -0.25) is 14.3 Å². The number of aromatic nitrogens is 4. The second-order valence-corrected chi connectivity index (χ2v) is 7.71. The maximum Gasteiger partial charge on any atom is 0.416 e. The summed E-state index contributed by atoms with van der Waals surface area (Å²) in [4.78, 5) is 16.4. The molecule has 33 heavy (non-hydrogen) atoms. The van der Waals surface area contributed by atoms with Crippen LogP contribution in [0, 0.1) is 5.82 Å². The molecule has 4 rings (SSSR count). The lowest BCUT2D eigenvalue weighted by Crippen LogP contribution is -2.15. The van der Waals surface area contributed by atoms with E-state index in [1.807, 2.05) is 0 Å². The Balaban J connectivity index is 1.55. The Bertz CT molecular complexity index is 1260. The number of nitrogens with zero attached hydrogens (tertiary/aromatic N) is 4. The summed E-state index contributed by atoms with van der Waals surface area (Å²) in [5.74, 6) is -0.596. The number of halogens is 4. The molecule has 1 N–H and O–H groups in total. The second-order valence-electron chi connectivity index (χ2n) is 6.77. The van der Waals surface area contributed by atoms with E-state index in [4.69, 9.17) is 0 Å². The van der Waals surface area contributed by atoms with E-state index in [2.05, 4.69) is 20.5 Å². The van der Waals surface area contributed by atoms with Crippen LogP contribution in [0.15, 0.2) is 78.2 Å². The molecule has 0 aliphatic rings. The molecular weight excluding hydrogens is 458 g/mol. The van der Waals surface area contributed by atoms with E-state index >= 15 is 0 Å². The van der Waals surface area contributed by atoms with Gasteiger partial charge in [0.05, 0.1) is 11.3 Å². The average molecular weight is 473 g/mol. The fourth-order valence-corrected chi connectivity index (χ4v) is 3.73. The molecule has 168 valence electrons. The third kappa shape index (κ3) is 5.37. The Morgan fingerprint density at radius 1 is 1.00 bits per heavy atom. The first-order chi connectivity index (χ1) is 15.8. The predicted octanol–water partition coefficient (Wildman–Crippen LogP) is 5.22. The Morgan fingerprint density at radius 3 is 2.42 bits per heavy atom. The molecule has 11 heteroatoms. The molecule has 0 bridgehead atoms. The van der Waals surface area contributed by atoms with Crippen LogP contribution >= 0.6 is 11.8 Å². The van der Waals surface area contributed by atoms with Crippen molar-refractivity contribution in [3.63, 3.8) is 0 Å². The zero-order valence-corrected chi connectivity index (χ0v) is 17.6. The topological polar surface area (TPSA) is 72.7 Å². The van der Waals surface area contributed by atoms with Crippen molar-refractivity contribution in [1.29, 1.82) is 0 Å². The molecule has 0 saturated carbocycles. The molecule has 0 aliphatic heterocycles. The van der Waals surface area contributed by atoms with Crippen molar-refractivity contribution in [3.05, 3.63) is 84.4 Å². The van der Waals surface area contributed by atoms with Gasteiger partial charge in [-0.15, -0.1) is 10.2 Å². The van der Waals surface area contributed by atoms with Gasteiger partial charge in [0.1, 0.15) is 5.82 Å². The number of carbonyl (C=O) groups is 1. The van der Waals surface area contributed by atoms with Gasteiger partial charge in [0.15, 0.2) is 11.0 Å². The van der Waals surface area contributed by atoms with E-state index < -0.39 is 23.5 Å². The molecule has 6 nitrogen and oxygen atoms in total. The minimum Gasteiger partial charge on any atom is -0.325 e. The second kappa shape index (κ2) is 9.41. The van der Waals surface area contributed by atoms with Gasteiger partial charge in [0, 0.05) is 29.3 Å². The van der Waals surface area contributed by atoms with Crippen LogP contribution in [0.3, 0.4) is 0 Å². The Hall–Kier alpha value is -3.73. The van der Waals surface area contributed by atoms with Gasteiger partial charge in [-0.05, 0) is 54.6 Å². The predicted molar refractivity (Wildman–Crippen MR) is 115 cm³/mol. The molecule has 0 atom stereocenters. The van der Waals surface area contributed by atoms with Gasteiger partial charge in [0.2, 0.25) is 5.91 Å². The van der Waals surface area contributed by atoms with Crippen LogP contribution in [-0.2, 0) is 11.0 Å². The molecule has 0 unspecified atom stereocenters. The van der Waals surface area contributed by atoms with Crippen molar-refractivity contribution in [3.8, 4) is 17.1 Å². The number of alkyl halides is 3. The molecule has 1 amide bonds. The third-order valence-electron chi connectivity index (χ3n) is 4.46. The molecule has 4 aromatic rings. The normalized spacial score (nSPS) is 11.4. The first-order valence-electron chi connectivity index (χ1n) is 9.53. The van der Waals surface area contributed by atoms with Gasteiger partial charge < -0.3 is 5.32 Å². The number of amides is 1. The number of thioether (sulfide) groups is 1. The summed E-state index contributed by atoms with van der Waals surface area (Å²) in [5.41, 5.74) is 0.468. The summed E-state index contributed by atoms with van der Waals surface area (Å²) in [6.07, 6.45) is -1.33. The smallest absolute Gasteiger partial charge is 0.325 e. The van der Waals surface area contributed by atoms with Crippen molar-refractivity contribution in [2.24, 2.45) is 0 Å². The van der Waals surface area contributed by atoms with Crippen LogP contribution in [0.4, 0.5) is 23.2 Å². The highest BCUT2D eigenvalue weighted by molar-refractivity contribution is 7.99. The SMILES string of the molecule is O=C(CSc1nnc(-c2ccncc2)n1-c1ccc(F)cc1)Nc1cccc(C(F)(F)F)c1. The maximum atomic E-state index is 13.4. The highest BCUT2D eigenvalue weighted by Gasteiger charge is 2.30. The number of hydrogen-bond acceptors (Lipinski definition) is 5. The monoisotopic (exact) mass is 473 g/mol. The molecule has 2 aromatic carbocycles. The van der Waals surface area contributed by atoms with E-state index in [0.717, 1.165) is 23.9 Å². The quantitative estimate of drug-likeness (QED) is 0.307. The minimum atomic E-state index is -4.51. The Labute approximate surface area is 189 Å². The highest BCUT2D eigenvalue weighted by atomic mass is 32.2. The van der Waals surface area contributed by atoms with Crippen molar-refractivity contribution in [2.75, 3.05) is 11.1 Å². The van der Waals surface area contributed by atoms with Crippen LogP contribution in [0.2, 0.25) is 0 Å². The van der Waals surface area contributed by atoms with Crippen LogP contribution in [0.5, 0.6) is 0 Å². The lowest BCUT2D eigenvalue weighted by Gasteiger charge is -2.11. The van der Waals surface area contributed by atoms with E-state index in [-0.39, 0.29) is 11.4 Å². The summed E-state index contributed by atoms with van der Waals surface area (Å²) in [6.45, 7) is 0. The van der Waals surface area contributed by atoms with Gasteiger partial charge >= 0.3 is 6.18 Å². The van der Waals surface area contributed by atoms with E-state index in [1.54, 1.807) is 41.2 Å². The largest absolute Gasteiger partial charge is 0.416 e. The Kier molecular flexibility index (Phi) is 6.40. The zero-order chi connectivity index (χ0) is 23.4. The number of nitrogens with one attached hydrogen (secondary N) is 1. The summed E-state index contributed by atoms with van der Waals surface area (Å²) in [6, 6.07) is 13.5. The van der Waals surface area contributed by atoms with Crippen molar-refractivity contribution in [2.45, 2.75) is 11.3 Å². The summed E-state index contributed by atoms with van der Waals surface area (Å²) < 4.78 is 53.8. The van der Waals surface area contributed by atoms with Gasteiger partial charge in [-0.2, -0.15) is 13.2 Å². The van der Waals surface area contributed by atoms with Gasteiger partial charge in [0.25, 0.3) is 0 Å². The molecule has 2 aromatic heterocycles. The van der Waals surface area contributed by atoms with Crippen LogP contribution in [0.25, 0.3) is 17.1 Å². The first-order valence-corrected chi connectivity index (χ1v) is 10.5. The molecule has 0 aliphatic carbocycles. The number of hydrogen-bond donors (Lipinski definition) is 1. The Morgan fingerprint density at radius 2 is 1.73 bits per heavy atom.